The van der Waals surface area contributed by atoms with Crippen LogP contribution in [-0.4, -0.2) is 73.9 Å². The third-order valence-electron chi connectivity index (χ3n) is 4.88. The number of hydrogen-bond acceptors (Lipinski definition) is 5. The summed E-state index contributed by atoms with van der Waals surface area (Å²) in [4.78, 5) is 16.8. The van der Waals surface area contributed by atoms with Gasteiger partial charge in [0.25, 0.3) is 0 Å². The first kappa shape index (κ1) is 19.3. The Morgan fingerprint density at radius 3 is 2.31 bits per heavy atom. The van der Waals surface area contributed by atoms with Crippen molar-refractivity contribution in [3.8, 4) is 0 Å². The van der Waals surface area contributed by atoms with Crippen LogP contribution in [0.5, 0.6) is 0 Å². The summed E-state index contributed by atoms with van der Waals surface area (Å²) in [5.74, 6) is 0.0729. The topological polar surface area (TPSA) is 54.0 Å². The van der Waals surface area contributed by atoms with Gasteiger partial charge in [-0.1, -0.05) is 24.3 Å². The Labute approximate surface area is 156 Å². The molecule has 1 aromatic rings. The molecule has 1 amide bonds. The van der Waals surface area contributed by atoms with Crippen molar-refractivity contribution in [3.05, 3.63) is 35.4 Å². The van der Waals surface area contributed by atoms with E-state index < -0.39 is 0 Å². The molecule has 0 spiro atoms. The highest BCUT2D eigenvalue weighted by Gasteiger charge is 2.23. The molecule has 0 unspecified atom stereocenters. The van der Waals surface area contributed by atoms with Gasteiger partial charge in [0.15, 0.2) is 0 Å². The van der Waals surface area contributed by atoms with Crippen molar-refractivity contribution in [2.75, 3.05) is 45.9 Å². The summed E-state index contributed by atoms with van der Waals surface area (Å²) >= 11 is 0. The predicted octanol–water partition coefficient (Wildman–Crippen LogP) is 1.24. The summed E-state index contributed by atoms with van der Waals surface area (Å²) in [5.41, 5.74) is 2.44. The molecule has 2 heterocycles. The Bertz CT molecular complexity index is 562. The van der Waals surface area contributed by atoms with Crippen molar-refractivity contribution in [2.45, 2.75) is 39.1 Å². The van der Waals surface area contributed by atoms with Gasteiger partial charge in [-0.05, 0) is 25.0 Å². The van der Waals surface area contributed by atoms with Gasteiger partial charge in [-0.15, -0.1) is 0 Å². The second kappa shape index (κ2) is 9.46. The van der Waals surface area contributed by atoms with E-state index in [1.54, 1.807) is 0 Å². The van der Waals surface area contributed by atoms with E-state index in [0.29, 0.717) is 13.1 Å². The molecule has 1 aromatic carbocycles. The lowest BCUT2D eigenvalue weighted by Gasteiger charge is -2.34. The number of nitrogens with one attached hydrogen (secondary N) is 1. The van der Waals surface area contributed by atoms with Crippen LogP contribution in [0.3, 0.4) is 0 Å². The van der Waals surface area contributed by atoms with Gasteiger partial charge in [-0.25, -0.2) is 0 Å². The Balaban J connectivity index is 1.40. The van der Waals surface area contributed by atoms with Crippen LogP contribution in [0.4, 0.5) is 0 Å². The van der Waals surface area contributed by atoms with Crippen LogP contribution in [0.1, 0.15) is 25.0 Å². The zero-order valence-electron chi connectivity index (χ0n) is 15.9. The van der Waals surface area contributed by atoms with Crippen molar-refractivity contribution in [1.29, 1.82) is 0 Å². The van der Waals surface area contributed by atoms with E-state index in [1.807, 2.05) is 0 Å². The number of carbonyl (C=O) groups is 1. The summed E-state index contributed by atoms with van der Waals surface area (Å²) in [6.07, 6.45) is 0.371. The number of rotatable bonds is 6. The number of morpholine rings is 2. The number of nitrogens with zero attached hydrogens (tertiary/aromatic N) is 2. The summed E-state index contributed by atoms with van der Waals surface area (Å²) in [6.45, 7) is 11.4. The quantitative estimate of drug-likeness (QED) is 0.826. The zero-order chi connectivity index (χ0) is 18.4. The largest absolute Gasteiger partial charge is 0.379 e. The van der Waals surface area contributed by atoms with E-state index in [4.69, 9.17) is 9.47 Å². The van der Waals surface area contributed by atoms with Crippen molar-refractivity contribution >= 4 is 5.91 Å². The second-order valence-electron chi connectivity index (χ2n) is 7.43. The Hall–Kier alpha value is -1.47. The molecule has 1 N–H and O–H groups in total. The average molecular weight is 361 g/mol. The van der Waals surface area contributed by atoms with Crippen LogP contribution in [0.15, 0.2) is 24.3 Å². The van der Waals surface area contributed by atoms with E-state index >= 15 is 0 Å². The highest BCUT2D eigenvalue weighted by molar-refractivity contribution is 5.78. The van der Waals surface area contributed by atoms with Gasteiger partial charge in [0, 0.05) is 39.3 Å². The van der Waals surface area contributed by atoms with Crippen molar-refractivity contribution in [1.82, 2.24) is 15.1 Å². The third-order valence-corrected chi connectivity index (χ3v) is 4.88. The van der Waals surface area contributed by atoms with Crippen LogP contribution in [-0.2, 0) is 27.4 Å². The smallest absolute Gasteiger partial charge is 0.234 e. The molecule has 0 aliphatic carbocycles. The number of carbonyl (C=O) groups excluding carboxylic acids is 1. The van der Waals surface area contributed by atoms with E-state index in [1.165, 1.54) is 5.56 Å². The third kappa shape index (κ3) is 6.06. The Kier molecular flexibility index (Phi) is 7.02. The van der Waals surface area contributed by atoms with E-state index in [-0.39, 0.29) is 18.1 Å². The summed E-state index contributed by atoms with van der Waals surface area (Å²) in [5, 5.41) is 3.03. The first-order valence-corrected chi connectivity index (χ1v) is 9.61. The molecule has 2 aliphatic rings. The lowest BCUT2D eigenvalue weighted by molar-refractivity contribution is -0.126. The van der Waals surface area contributed by atoms with Crippen LogP contribution in [0.2, 0.25) is 0 Å². The second-order valence-corrected chi connectivity index (χ2v) is 7.43. The normalized spacial score (nSPS) is 25.2. The maximum absolute atomic E-state index is 12.2. The fraction of sp³-hybridized carbons (Fsp3) is 0.650. The zero-order valence-corrected chi connectivity index (χ0v) is 15.9. The summed E-state index contributed by atoms with van der Waals surface area (Å²) in [6, 6.07) is 8.52. The molecule has 0 aromatic heterocycles. The van der Waals surface area contributed by atoms with Crippen molar-refractivity contribution in [3.63, 3.8) is 0 Å². The van der Waals surface area contributed by atoms with Crippen molar-refractivity contribution in [2.24, 2.45) is 0 Å². The highest BCUT2D eigenvalue weighted by Crippen LogP contribution is 2.11. The molecule has 2 saturated heterocycles. The Morgan fingerprint density at radius 2 is 1.65 bits per heavy atom. The molecule has 144 valence electrons. The average Bonchev–Trinajstić information content (AvgIpc) is 2.61. The predicted molar refractivity (Wildman–Crippen MR) is 101 cm³/mol. The van der Waals surface area contributed by atoms with Gasteiger partial charge in [-0.2, -0.15) is 0 Å². The van der Waals surface area contributed by atoms with Gasteiger partial charge in [0.2, 0.25) is 5.91 Å². The SMILES string of the molecule is C[C@H]1CN(CC(=O)NCc2ccc(CN3CCOCC3)cc2)C[C@H](C)O1. The van der Waals surface area contributed by atoms with Gasteiger partial charge >= 0.3 is 0 Å². The summed E-state index contributed by atoms with van der Waals surface area (Å²) in [7, 11) is 0. The standard InChI is InChI=1S/C20H31N3O3/c1-16-12-23(13-17(2)26-16)15-20(24)21-11-18-3-5-19(6-4-18)14-22-7-9-25-10-8-22/h3-6,16-17H,7-15H2,1-2H3,(H,21,24)/t16-,17-/m0/s1. The molecule has 0 radical (unpaired) electrons. The molecule has 3 rings (SSSR count). The lowest BCUT2D eigenvalue weighted by Crippen LogP contribution is -2.49. The highest BCUT2D eigenvalue weighted by atomic mass is 16.5. The number of amides is 1. The monoisotopic (exact) mass is 361 g/mol. The summed E-state index contributed by atoms with van der Waals surface area (Å²) < 4.78 is 11.1. The van der Waals surface area contributed by atoms with Gasteiger partial charge < -0.3 is 14.8 Å². The van der Waals surface area contributed by atoms with E-state index in [0.717, 1.165) is 51.5 Å². The first-order valence-electron chi connectivity index (χ1n) is 9.61. The minimum absolute atomic E-state index is 0.0729. The maximum Gasteiger partial charge on any atom is 0.234 e. The van der Waals surface area contributed by atoms with Crippen LogP contribution < -0.4 is 5.32 Å². The molecule has 0 saturated carbocycles. The lowest BCUT2D eigenvalue weighted by atomic mass is 10.1. The molecule has 26 heavy (non-hydrogen) atoms. The van der Waals surface area contributed by atoms with Gasteiger partial charge in [-0.3, -0.25) is 14.6 Å². The van der Waals surface area contributed by atoms with Crippen LogP contribution in [0.25, 0.3) is 0 Å². The van der Waals surface area contributed by atoms with Crippen LogP contribution >= 0.6 is 0 Å². The fourth-order valence-electron chi connectivity index (χ4n) is 3.65. The van der Waals surface area contributed by atoms with Crippen molar-refractivity contribution < 1.29 is 14.3 Å². The van der Waals surface area contributed by atoms with Crippen LogP contribution in [0, 0.1) is 0 Å². The van der Waals surface area contributed by atoms with Gasteiger partial charge in [0.1, 0.15) is 0 Å². The minimum Gasteiger partial charge on any atom is -0.379 e. The molecular weight excluding hydrogens is 330 g/mol. The van der Waals surface area contributed by atoms with Gasteiger partial charge in [0.05, 0.1) is 32.0 Å². The molecule has 2 atom stereocenters. The fourth-order valence-corrected chi connectivity index (χ4v) is 3.65. The molecular formula is C20H31N3O3. The maximum atomic E-state index is 12.2. The number of hydrogen-bond donors (Lipinski definition) is 1. The number of benzene rings is 1. The first-order chi connectivity index (χ1) is 12.6. The Morgan fingerprint density at radius 1 is 1.04 bits per heavy atom. The molecule has 2 fully saturated rings. The minimum atomic E-state index is 0.0729. The number of ether oxygens (including phenoxy) is 2. The molecule has 0 bridgehead atoms. The molecule has 6 heteroatoms. The van der Waals surface area contributed by atoms with E-state index in [9.17, 15) is 4.79 Å². The molecule has 6 nitrogen and oxygen atoms in total. The molecule has 2 aliphatic heterocycles. The van der Waals surface area contributed by atoms with E-state index in [2.05, 4.69) is 53.2 Å².